The van der Waals surface area contributed by atoms with E-state index in [9.17, 15) is 0 Å². The van der Waals surface area contributed by atoms with Crippen LogP contribution in [-0.4, -0.2) is 30.1 Å². The Hall–Kier alpha value is -0.380. The molecule has 1 aliphatic carbocycles. The minimum Gasteiger partial charge on any atom is -0.370 e. The summed E-state index contributed by atoms with van der Waals surface area (Å²) < 4.78 is 0.375. The van der Waals surface area contributed by atoms with Crippen LogP contribution in [0.2, 0.25) is 0 Å². The van der Waals surface area contributed by atoms with E-state index < -0.39 is 0 Å². The molecule has 14 heavy (non-hydrogen) atoms. The van der Waals surface area contributed by atoms with Gasteiger partial charge >= 0.3 is 0 Å². The first-order valence-electron chi connectivity index (χ1n) is 5.31. The van der Waals surface area contributed by atoms with E-state index in [2.05, 4.69) is 16.6 Å². The van der Waals surface area contributed by atoms with Crippen molar-refractivity contribution < 1.29 is 0 Å². The molecule has 0 unspecified atom stereocenters. The number of nitrogens with one attached hydrogen (secondary N) is 1. The van der Waals surface area contributed by atoms with E-state index in [4.69, 9.17) is 5.73 Å². The van der Waals surface area contributed by atoms with Crippen LogP contribution in [0.3, 0.4) is 0 Å². The molecule has 3 N–H and O–H groups in total. The molecule has 0 aromatic heterocycles. The summed E-state index contributed by atoms with van der Waals surface area (Å²) in [7, 11) is 0. The molecule has 1 saturated carbocycles. The fraction of sp³-hybridized carbons (Fsp3) is 0.900. The predicted molar refractivity (Wildman–Crippen MR) is 64.9 cm³/mol. The smallest absolute Gasteiger partial charge is 0.188 e. The molecule has 1 fully saturated rings. The molecule has 0 saturated heterocycles. The summed E-state index contributed by atoms with van der Waals surface area (Å²) in [6, 6.07) is 0. The first kappa shape index (κ1) is 11.7. The van der Waals surface area contributed by atoms with Gasteiger partial charge in [0.1, 0.15) is 0 Å². The van der Waals surface area contributed by atoms with E-state index in [0.717, 1.165) is 13.1 Å². The van der Waals surface area contributed by atoms with Crippen molar-refractivity contribution in [2.45, 2.75) is 37.4 Å². The Balaban J connectivity index is 2.44. The molecule has 1 rings (SSSR count). The summed E-state index contributed by atoms with van der Waals surface area (Å²) in [5.74, 6) is 0.591. The molecule has 0 heterocycles. The van der Waals surface area contributed by atoms with Crippen molar-refractivity contribution in [2.24, 2.45) is 10.7 Å². The molecule has 0 spiro atoms. The zero-order chi connectivity index (χ0) is 10.4. The second kappa shape index (κ2) is 5.49. The third kappa shape index (κ3) is 3.08. The lowest BCUT2D eigenvalue weighted by Gasteiger charge is -2.24. The van der Waals surface area contributed by atoms with Gasteiger partial charge < -0.3 is 11.1 Å². The Labute approximate surface area is 90.9 Å². The fourth-order valence-electron chi connectivity index (χ4n) is 1.91. The highest BCUT2D eigenvalue weighted by molar-refractivity contribution is 8.00. The van der Waals surface area contributed by atoms with Crippen LogP contribution in [0, 0.1) is 0 Å². The fourth-order valence-corrected chi connectivity index (χ4v) is 2.80. The number of hydrogen-bond donors (Lipinski definition) is 2. The zero-order valence-electron chi connectivity index (χ0n) is 9.18. The van der Waals surface area contributed by atoms with Crippen LogP contribution in [0.5, 0.6) is 0 Å². The van der Waals surface area contributed by atoms with Crippen LogP contribution >= 0.6 is 11.8 Å². The third-order valence-electron chi connectivity index (χ3n) is 2.84. The Morgan fingerprint density at radius 1 is 1.50 bits per heavy atom. The summed E-state index contributed by atoms with van der Waals surface area (Å²) in [4.78, 5) is 4.40. The van der Waals surface area contributed by atoms with Gasteiger partial charge in [0, 0.05) is 11.3 Å². The van der Waals surface area contributed by atoms with Crippen molar-refractivity contribution in [1.82, 2.24) is 5.32 Å². The normalized spacial score (nSPS) is 21.1. The largest absolute Gasteiger partial charge is 0.370 e. The quantitative estimate of drug-likeness (QED) is 0.553. The number of guanidine groups is 1. The zero-order valence-corrected chi connectivity index (χ0v) is 9.99. The van der Waals surface area contributed by atoms with Crippen LogP contribution in [0.15, 0.2) is 4.99 Å². The van der Waals surface area contributed by atoms with Crippen molar-refractivity contribution in [2.75, 3.05) is 19.3 Å². The molecule has 0 radical (unpaired) electrons. The highest BCUT2D eigenvalue weighted by Crippen LogP contribution is 2.40. The number of nitrogens with zero attached hydrogens (tertiary/aromatic N) is 1. The predicted octanol–water partition coefficient (Wildman–Crippen LogP) is 1.59. The number of hydrogen-bond acceptors (Lipinski definition) is 2. The summed E-state index contributed by atoms with van der Waals surface area (Å²) in [5, 5.41) is 3.03. The molecule has 0 bridgehead atoms. The lowest BCUT2D eigenvalue weighted by Crippen LogP contribution is -2.34. The van der Waals surface area contributed by atoms with Gasteiger partial charge in [-0.05, 0) is 26.0 Å². The SMILES string of the molecule is CCNC(N)=NCC1(SC)CCCC1. The van der Waals surface area contributed by atoms with Gasteiger partial charge in [-0.3, -0.25) is 4.99 Å². The van der Waals surface area contributed by atoms with Crippen LogP contribution in [-0.2, 0) is 0 Å². The van der Waals surface area contributed by atoms with E-state index in [-0.39, 0.29) is 0 Å². The lowest BCUT2D eigenvalue weighted by molar-refractivity contribution is 0.620. The van der Waals surface area contributed by atoms with Gasteiger partial charge in [-0.25, -0.2) is 0 Å². The Kier molecular flexibility index (Phi) is 4.58. The summed E-state index contributed by atoms with van der Waals surface area (Å²) in [6.45, 7) is 3.75. The molecule has 0 aromatic rings. The molecule has 0 aliphatic heterocycles. The van der Waals surface area contributed by atoms with Gasteiger partial charge in [0.05, 0.1) is 6.54 Å². The standard InChI is InChI=1S/C10H21N3S/c1-3-12-9(11)13-8-10(14-2)6-4-5-7-10/h3-8H2,1-2H3,(H3,11,12,13). The molecule has 82 valence electrons. The van der Waals surface area contributed by atoms with Gasteiger partial charge in [0.15, 0.2) is 5.96 Å². The second-order valence-corrected chi connectivity index (χ2v) is 5.10. The Morgan fingerprint density at radius 3 is 2.64 bits per heavy atom. The average molecular weight is 215 g/mol. The molecule has 3 nitrogen and oxygen atoms in total. The lowest BCUT2D eigenvalue weighted by atomic mass is 10.1. The maximum atomic E-state index is 5.71. The van der Waals surface area contributed by atoms with E-state index in [1.165, 1.54) is 25.7 Å². The Morgan fingerprint density at radius 2 is 2.14 bits per heavy atom. The maximum absolute atomic E-state index is 5.71. The minimum absolute atomic E-state index is 0.375. The van der Waals surface area contributed by atoms with Crippen molar-refractivity contribution >= 4 is 17.7 Å². The van der Waals surface area contributed by atoms with Gasteiger partial charge in [-0.2, -0.15) is 11.8 Å². The van der Waals surface area contributed by atoms with Crippen molar-refractivity contribution in [3.63, 3.8) is 0 Å². The molecule has 1 aliphatic rings. The van der Waals surface area contributed by atoms with Crippen molar-refractivity contribution in [3.05, 3.63) is 0 Å². The number of thioether (sulfide) groups is 1. The van der Waals surface area contributed by atoms with Crippen LogP contribution in [0.1, 0.15) is 32.6 Å². The van der Waals surface area contributed by atoms with E-state index in [1.807, 2.05) is 18.7 Å². The van der Waals surface area contributed by atoms with Crippen LogP contribution < -0.4 is 11.1 Å². The highest BCUT2D eigenvalue weighted by Gasteiger charge is 2.32. The number of aliphatic imine (C=N–C) groups is 1. The first-order chi connectivity index (χ1) is 6.72. The van der Waals surface area contributed by atoms with Crippen LogP contribution in [0.25, 0.3) is 0 Å². The van der Waals surface area contributed by atoms with E-state index in [0.29, 0.717) is 10.7 Å². The number of nitrogens with two attached hydrogens (primary N) is 1. The summed E-state index contributed by atoms with van der Waals surface area (Å²) in [6.07, 6.45) is 7.45. The summed E-state index contributed by atoms with van der Waals surface area (Å²) >= 11 is 1.95. The van der Waals surface area contributed by atoms with Gasteiger partial charge in [-0.1, -0.05) is 12.8 Å². The molecular formula is C10H21N3S. The highest BCUT2D eigenvalue weighted by atomic mass is 32.2. The third-order valence-corrected chi connectivity index (χ3v) is 4.25. The molecule has 4 heteroatoms. The summed E-state index contributed by atoms with van der Waals surface area (Å²) in [5.41, 5.74) is 5.71. The molecular weight excluding hydrogens is 194 g/mol. The van der Waals surface area contributed by atoms with Gasteiger partial charge in [0.2, 0.25) is 0 Å². The first-order valence-corrected chi connectivity index (χ1v) is 6.54. The minimum atomic E-state index is 0.375. The topological polar surface area (TPSA) is 50.4 Å². The van der Waals surface area contributed by atoms with Gasteiger partial charge in [0.25, 0.3) is 0 Å². The molecule has 0 atom stereocenters. The molecule has 0 amide bonds. The van der Waals surface area contributed by atoms with Crippen LogP contribution in [0.4, 0.5) is 0 Å². The molecule has 0 aromatic carbocycles. The Bertz CT molecular complexity index is 198. The number of rotatable bonds is 4. The van der Waals surface area contributed by atoms with E-state index >= 15 is 0 Å². The van der Waals surface area contributed by atoms with Crippen molar-refractivity contribution in [1.29, 1.82) is 0 Å². The average Bonchev–Trinajstić information content (AvgIpc) is 2.65. The van der Waals surface area contributed by atoms with Crippen molar-refractivity contribution in [3.8, 4) is 0 Å². The second-order valence-electron chi connectivity index (χ2n) is 3.83. The maximum Gasteiger partial charge on any atom is 0.188 e. The van der Waals surface area contributed by atoms with Gasteiger partial charge in [-0.15, -0.1) is 0 Å². The monoisotopic (exact) mass is 215 g/mol. The van der Waals surface area contributed by atoms with E-state index in [1.54, 1.807) is 0 Å².